The van der Waals surface area contributed by atoms with E-state index in [9.17, 15) is 0 Å². The van der Waals surface area contributed by atoms with Crippen LogP contribution in [0.15, 0.2) is 133 Å². The average molecular weight is 665 g/mol. The van der Waals surface area contributed by atoms with Crippen LogP contribution in [-0.4, -0.2) is 0 Å². The molecule has 0 spiro atoms. The van der Waals surface area contributed by atoms with Crippen molar-refractivity contribution in [2.24, 2.45) is 0 Å². The van der Waals surface area contributed by atoms with Crippen LogP contribution >= 0.6 is 0 Å². The average Bonchev–Trinajstić information content (AvgIpc) is 3.63. The molecule has 0 heteroatoms. The summed E-state index contributed by atoms with van der Waals surface area (Å²) in [5.74, 6) is 0. The SMILES string of the molecule is CC(C)(C)c1ccc2cc(C(C)(C)C)c(-c3ccc4c5cc6ccc7c(cc8c9ccccc9c9cccc7c98)c6cc5c5cccc3c45)cc2c1. The quantitative estimate of drug-likeness (QED) is 0.153. The van der Waals surface area contributed by atoms with E-state index in [4.69, 9.17) is 0 Å². The molecule has 0 saturated carbocycles. The maximum Gasteiger partial charge on any atom is -0.00199 e. The lowest BCUT2D eigenvalue weighted by molar-refractivity contribution is 0.590. The summed E-state index contributed by atoms with van der Waals surface area (Å²) >= 11 is 0. The van der Waals surface area contributed by atoms with Gasteiger partial charge in [0.05, 0.1) is 0 Å². The van der Waals surface area contributed by atoms with Gasteiger partial charge in [0.15, 0.2) is 0 Å². The zero-order valence-electron chi connectivity index (χ0n) is 30.7. The highest BCUT2D eigenvalue weighted by atomic mass is 14.3. The summed E-state index contributed by atoms with van der Waals surface area (Å²) in [6.07, 6.45) is 0. The van der Waals surface area contributed by atoms with Gasteiger partial charge in [0, 0.05) is 0 Å². The summed E-state index contributed by atoms with van der Waals surface area (Å²) in [6, 6.07) is 51.6. The molecule has 11 aromatic rings. The summed E-state index contributed by atoms with van der Waals surface area (Å²) in [7, 11) is 0. The molecule has 0 radical (unpaired) electrons. The Labute approximate surface area is 304 Å². The van der Waals surface area contributed by atoms with E-state index >= 15 is 0 Å². The first-order valence-electron chi connectivity index (χ1n) is 18.8. The molecule has 0 aliphatic carbocycles. The van der Waals surface area contributed by atoms with E-state index in [1.807, 2.05) is 0 Å². The Morgan fingerprint density at radius 1 is 0.288 bits per heavy atom. The normalized spacial score (nSPS) is 13.2. The maximum atomic E-state index is 2.50. The minimum Gasteiger partial charge on any atom is -0.0616 e. The van der Waals surface area contributed by atoms with E-state index in [2.05, 4.69) is 175 Å². The molecule has 0 unspecified atom stereocenters. The van der Waals surface area contributed by atoms with Gasteiger partial charge in [0.25, 0.3) is 0 Å². The van der Waals surface area contributed by atoms with Crippen molar-refractivity contribution in [1.82, 2.24) is 0 Å². The molecule has 0 heterocycles. The van der Waals surface area contributed by atoms with Crippen molar-refractivity contribution >= 4 is 97.0 Å². The van der Waals surface area contributed by atoms with Gasteiger partial charge in [0.1, 0.15) is 0 Å². The fourth-order valence-corrected chi connectivity index (χ4v) is 9.60. The van der Waals surface area contributed by atoms with E-state index in [1.165, 1.54) is 119 Å². The predicted molar refractivity (Wildman–Crippen MR) is 229 cm³/mol. The van der Waals surface area contributed by atoms with E-state index in [-0.39, 0.29) is 10.8 Å². The van der Waals surface area contributed by atoms with Crippen LogP contribution in [0.25, 0.3) is 108 Å². The first-order chi connectivity index (χ1) is 25.0. The van der Waals surface area contributed by atoms with E-state index in [1.54, 1.807) is 0 Å². The van der Waals surface area contributed by atoms with Crippen LogP contribution in [0.4, 0.5) is 0 Å². The Morgan fingerprint density at radius 3 is 1.56 bits per heavy atom. The highest BCUT2D eigenvalue weighted by Gasteiger charge is 2.24. The molecule has 0 saturated heterocycles. The van der Waals surface area contributed by atoms with Gasteiger partial charge < -0.3 is 0 Å². The molecule has 248 valence electrons. The van der Waals surface area contributed by atoms with Gasteiger partial charge in [-0.2, -0.15) is 0 Å². The van der Waals surface area contributed by atoms with Gasteiger partial charge >= 0.3 is 0 Å². The minimum atomic E-state index is -0.0114. The van der Waals surface area contributed by atoms with E-state index < -0.39 is 0 Å². The van der Waals surface area contributed by atoms with Crippen molar-refractivity contribution in [3.8, 4) is 11.1 Å². The van der Waals surface area contributed by atoms with Crippen molar-refractivity contribution in [3.63, 3.8) is 0 Å². The number of fused-ring (bicyclic) bond motifs is 11. The Balaban J connectivity index is 1.21. The lowest BCUT2D eigenvalue weighted by atomic mass is 9.78. The van der Waals surface area contributed by atoms with Crippen molar-refractivity contribution in [2.75, 3.05) is 0 Å². The molecule has 0 nitrogen and oxygen atoms in total. The summed E-state index contributed by atoms with van der Waals surface area (Å²) in [5, 5.41) is 24.1. The third-order valence-electron chi connectivity index (χ3n) is 12.2. The van der Waals surface area contributed by atoms with Crippen molar-refractivity contribution in [2.45, 2.75) is 52.4 Å². The second-order valence-electron chi connectivity index (χ2n) is 17.3. The fraction of sp³-hybridized carbons (Fsp3) is 0.154. The van der Waals surface area contributed by atoms with Gasteiger partial charge in [-0.25, -0.2) is 0 Å². The number of rotatable bonds is 1. The molecule has 0 aliphatic rings. The minimum absolute atomic E-state index is 0.0114. The summed E-state index contributed by atoms with van der Waals surface area (Å²) in [5.41, 5.74) is 5.51. The largest absolute Gasteiger partial charge is 0.0616 e. The molecule has 0 atom stereocenters. The number of benzene rings is 9. The smallest absolute Gasteiger partial charge is 0.00199 e. The lowest BCUT2D eigenvalue weighted by Crippen LogP contribution is -2.13. The molecule has 0 N–H and O–H groups in total. The van der Waals surface area contributed by atoms with Gasteiger partial charge in [-0.1, -0.05) is 151 Å². The number of hydrogen-bond acceptors (Lipinski definition) is 0. The molecule has 0 fully saturated rings. The van der Waals surface area contributed by atoms with Crippen LogP contribution in [0.5, 0.6) is 0 Å². The molecule has 0 amide bonds. The maximum absolute atomic E-state index is 2.50. The second kappa shape index (κ2) is 9.99. The first-order valence-corrected chi connectivity index (χ1v) is 18.8. The Bertz CT molecular complexity index is 3290. The topological polar surface area (TPSA) is 0 Å². The fourth-order valence-electron chi connectivity index (χ4n) is 9.60. The molecule has 0 aliphatic heterocycles. The molecule has 0 aromatic heterocycles. The summed E-state index contributed by atoms with van der Waals surface area (Å²) in [6.45, 7) is 14.0. The Hall–Kier alpha value is -5.72. The lowest BCUT2D eigenvalue weighted by Gasteiger charge is -2.26. The van der Waals surface area contributed by atoms with Gasteiger partial charge in [-0.05, 0) is 154 Å². The highest BCUT2D eigenvalue weighted by molar-refractivity contribution is 6.38. The third-order valence-corrected chi connectivity index (χ3v) is 12.2. The summed E-state index contributed by atoms with van der Waals surface area (Å²) < 4.78 is 0. The highest BCUT2D eigenvalue weighted by Crippen LogP contribution is 2.48. The van der Waals surface area contributed by atoms with E-state index in [0.717, 1.165) is 0 Å². The zero-order valence-corrected chi connectivity index (χ0v) is 30.7. The first kappa shape index (κ1) is 30.0. The Kier molecular flexibility index (Phi) is 5.75. The Morgan fingerprint density at radius 2 is 0.827 bits per heavy atom. The van der Waals surface area contributed by atoms with Crippen LogP contribution in [-0.2, 0) is 10.8 Å². The van der Waals surface area contributed by atoms with Crippen LogP contribution < -0.4 is 0 Å². The van der Waals surface area contributed by atoms with Crippen molar-refractivity contribution < 1.29 is 0 Å². The molecule has 11 rings (SSSR count). The van der Waals surface area contributed by atoms with Crippen molar-refractivity contribution in [3.05, 3.63) is 145 Å². The predicted octanol–water partition coefficient (Wildman–Crippen LogP) is 15.2. The van der Waals surface area contributed by atoms with E-state index in [0.29, 0.717) is 0 Å². The third kappa shape index (κ3) is 3.98. The molecule has 0 bridgehead atoms. The molecule has 11 aromatic carbocycles. The van der Waals surface area contributed by atoms with Gasteiger partial charge in [-0.15, -0.1) is 0 Å². The van der Waals surface area contributed by atoms with Gasteiger partial charge in [0.2, 0.25) is 0 Å². The van der Waals surface area contributed by atoms with Gasteiger partial charge in [-0.3, -0.25) is 0 Å². The van der Waals surface area contributed by atoms with Crippen LogP contribution in [0.3, 0.4) is 0 Å². The standard InChI is InChI=1S/C52H40/c1-51(2,3)32-19-17-29-26-48(52(4,5)6)46(25-31(29)23-32)36-21-22-41-43-24-30-18-20-35-38-14-9-13-37-33-11-7-8-12-34(33)47(50(37)38)28-44(35)42(30)27-45(43)40-16-10-15-39(36)49(40)41/h7-28H,1-6H3. The van der Waals surface area contributed by atoms with Crippen LogP contribution in [0, 0.1) is 0 Å². The molecule has 52 heavy (non-hydrogen) atoms. The monoisotopic (exact) mass is 664 g/mol. The van der Waals surface area contributed by atoms with Crippen LogP contribution in [0.1, 0.15) is 52.7 Å². The van der Waals surface area contributed by atoms with Crippen molar-refractivity contribution in [1.29, 1.82) is 0 Å². The summed E-state index contributed by atoms with van der Waals surface area (Å²) in [4.78, 5) is 0. The van der Waals surface area contributed by atoms with Crippen LogP contribution in [0.2, 0.25) is 0 Å². The second-order valence-corrected chi connectivity index (χ2v) is 17.3. The molecular formula is C52H40. The molecular weight excluding hydrogens is 625 g/mol. The zero-order chi connectivity index (χ0) is 35.3. The number of hydrogen-bond donors (Lipinski definition) is 0.